The predicted molar refractivity (Wildman–Crippen MR) is 97.9 cm³/mol. The van der Waals surface area contributed by atoms with Gasteiger partial charge < -0.3 is 29.5 Å². The van der Waals surface area contributed by atoms with Crippen molar-refractivity contribution >= 4 is 17.5 Å². The first kappa shape index (κ1) is 19.2. The van der Waals surface area contributed by atoms with Gasteiger partial charge in [0.2, 0.25) is 0 Å². The van der Waals surface area contributed by atoms with Gasteiger partial charge in [0, 0.05) is 19.6 Å². The van der Waals surface area contributed by atoms with Crippen LogP contribution in [0.25, 0.3) is 16.9 Å². The molecule has 8 heteroatoms. The van der Waals surface area contributed by atoms with Crippen molar-refractivity contribution in [2.75, 3.05) is 14.2 Å². The van der Waals surface area contributed by atoms with E-state index in [-0.39, 0.29) is 40.6 Å². The summed E-state index contributed by atoms with van der Waals surface area (Å²) >= 11 is 0. The molecule has 2 aromatic carbocycles. The zero-order valence-corrected chi connectivity index (χ0v) is 15.1. The van der Waals surface area contributed by atoms with E-state index in [4.69, 9.17) is 14.2 Å². The highest BCUT2D eigenvalue weighted by atomic mass is 16.6. The highest BCUT2D eigenvalue weighted by Crippen LogP contribution is 2.48. The molecule has 0 saturated heterocycles. The number of rotatable bonds is 4. The van der Waals surface area contributed by atoms with Crippen molar-refractivity contribution in [2.24, 2.45) is 0 Å². The molecule has 0 aromatic heterocycles. The predicted octanol–water partition coefficient (Wildman–Crippen LogP) is 2.35. The summed E-state index contributed by atoms with van der Waals surface area (Å²) in [6.07, 6.45) is -0.149. The van der Waals surface area contributed by atoms with Crippen LogP contribution in [0, 0.1) is 0 Å². The van der Waals surface area contributed by atoms with Crippen LogP contribution in [0.3, 0.4) is 0 Å². The zero-order valence-electron chi connectivity index (χ0n) is 15.1. The second-order valence-corrected chi connectivity index (χ2v) is 6.07. The van der Waals surface area contributed by atoms with E-state index in [0.29, 0.717) is 5.56 Å². The van der Waals surface area contributed by atoms with Crippen molar-refractivity contribution in [1.29, 1.82) is 0 Å². The van der Waals surface area contributed by atoms with Gasteiger partial charge in [0.25, 0.3) is 0 Å². The Morgan fingerprint density at radius 1 is 1.07 bits per heavy atom. The largest absolute Gasteiger partial charge is 0.508 e. The smallest absolute Gasteiger partial charge is 0.341 e. The number of methoxy groups -OCH3 is 2. The first-order chi connectivity index (χ1) is 13.3. The van der Waals surface area contributed by atoms with Gasteiger partial charge in [-0.2, -0.15) is 0 Å². The van der Waals surface area contributed by atoms with E-state index in [1.54, 1.807) is 0 Å². The maximum Gasteiger partial charge on any atom is 0.341 e. The summed E-state index contributed by atoms with van der Waals surface area (Å²) in [4.78, 5) is 24.2. The van der Waals surface area contributed by atoms with Crippen LogP contribution < -0.4 is 4.74 Å². The minimum absolute atomic E-state index is 0.0213. The molecule has 0 saturated carbocycles. The van der Waals surface area contributed by atoms with Crippen LogP contribution in [0.4, 0.5) is 0 Å². The van der Waals surface area contributed by atoms with Gasteiger partial charge in [0.1, 0.15) is 17.3 Å². The van der Waals surface area contributed by atoms with Gasteiger partial charge in [-0.25, -0.2) is 4.79 Å². The lowest BCUT2D eigenvalue weighted by molar-refractivity contribution is -0.149. The number of allylic oxidation sites excluding steroid dienone is 1. The SMILES string of the molecule is COc1c(C2=CC(=O)C[C@H](OC)C(=O)O2)cc(O)c(-c2ccc(O)cc2)c1O. The van der Waals surface area contributed by atoms with Crippen molar-refractivity contribution in [3.63, 3.8) is 0 Å². The van der Waals surface area contributed by atoms with Crippen LogP contribution in [-0.4, -0.2) is 47.4 Å². The number of hydrogen-bond donors (Lipinski definition) is 3. The Labute approximate surface area is 160 Å². The number of phenolic OH excluding ortho intramolecular Hbond substituents is 3. The molecule has 2 aromatic rings. The third kappa shape index (κ3) is 3.49. The molecular formula is C20H18O8. The van der Waals surface area contributed by atoms with Gasteiger partial charge >= 0.3 is 5.97 Å². The molecule has 1 aliphatic heterocycles. The topological polar surface area (TPSA) is 123 Å². The molecule has 0 fully saturated rings. The van der Waals surface area contributed by atoms with E-state index < -0.39 is 23.6 Å². The summed E-state index contributed by atoms with van der Waals surface area (Å²) in [5.41, 5.74) is 0.501. The van der Waals surface area contributed by atoms with Gasteiger partial charge in [-0.15, -0.1) is 0 Å². The van der Waals surface area contributed by atoms with Gasteiger partial charge in [0.15, 0.2) is 23.4 Å². The Morgan fingerprint density at radius 3 is 2.36 bits per heavy atom. The van der Waals surface area contributed by atoms with E-state index in [1.807, 2.05) is 0 Å². The van der Waals surface area contributed by atoms with Gasteiger partial charge in [-0.1, -0.05) is 12.1 Å². The average Bonchev–Trinajstić information content (AvgIpc) is 2.80. The fourth-order valence-corrected chi connectivity index (χ4v) is 2.93. The molecule has 146 valence electrons. The molecule has 0 spiro atoms. The Morgan fingerprint density at radius 2 is 1.75 bits per heavy atom. The van der Waals surface area contributed by atoms with E-state index >= 15 is 0 Å². The van der Waals surface area contributed by atoms with E-state index in [2.05, 4.69) is 0 Å². The molecule has 28 heavy (non-hydrogen) atoms. The lowest BCUT2D eigenvalue weighted by Gasteiger charge is -2.17. The molecule has 1 aliphatic rings. The van der Waals surface area contributed by atoms with Crippen molar-refractivity contribution in [2.45, 2.75) is 12.5 Å². The Bertz CT molecular complexity index is 959. The number of ketones is 1. The summed E-state index contributed by atoms with van der Waals surface area (Å²) in [5, 5.41) is 30.6. The third-order valence-electron chi connectivity index (χ3n) is 4.30. The summed E-state index contributed by atoms with van der Waals surface area (Å²) in [5.74, 6) is -2.19. The molecule has 0 aliphatic carbocycles. The monoisotopic (exact) mass is 386 g/mol. The summed E-state index contributed by atoms with van der Waals surface area (Å²) in [7, 11) is 2.57. The maximum absolute atomic E-state index is 12.1. The molecule has 0 amide bonds. The summed E-state index contributed by atoms with van der Waals surface area (Å²) in [6.45, 7) is 0. The summed E-state index contributed by atoms with van der Waals surface area (Å²) < 4.78 is 15.4. The number of aromatic hydroxyl groups is 3. The number of carbonyl (C=O) groups is 2. The van der Waals surface area contributed by atoms with Crippen molar-refractivity contribution in [3.8, 4) is 34.1 Å². The molecule has 0 bridgehead atoms. The quantitative estimate of drug-likeness (QED) is 0.685. The van der Waals surface area contributed by atoms with Crippen LogP contribution in [0.1, 0.15) is 12.0 Å². The number of benzene rings is 2. The number of carbonyl (C=O) groups excluding carboxylic acids is 2. The number of hydrogen-bond acceptors (Lipinski definition) is 8. The molecular weight excluding hydrogens is 368 g/mol. The van der Waals surface area contributed by atoms with Crippen LogP contribution in [-0.2, 0) is 19.1 Å². The number of cyclic esters (lactones) is 1. The van der Waals surface area contributed by atoms with E-state index in [9.17, 15) is 24.9 Å². The van der Waals surface area contributed by atoms with E-state index in [1.165, 1.54) is 44.6 Å². The molecule has 1 heterocycles. The third-order valence-corrected chi connectivity index (χ3v) is 4.30. The minimum atomic E-state index is -1.05. The van der Waals surface area contributed by atoms with Gasteiger partial charge in [-0.3, -0.25) is 4.79 Å². The highest BCUT2D eigenvalue weighted by molar-refractivity contribution is 6.03. The molecule has 0 radical (unpaired) electrons. The fourth-order valence-electron chi connectivity index (χ4n) is 2.93. The molecule has 1 atom stereocenters. The van der Waals surface area contributed by atoms with Crippen LogP contribution in [0.2, 0.25) is 0 Å². The fraction of sp³-hybridized carbons (Fsp3) is 0.200. The average molecular weight is 386 g/mol. The lowest BCUT2D eigenvalue weighted by atomic mass is 9.98. The molecule has 8 nitrogen and oxygen atoms in total. The Hall–Kier alpha value is -3.52. The molecule has 0 unspecified atom stereocenters. The van der Waals surface area contributed by atoms with Crippen LogP contribution >= 0.6 is 0 Å². The second kappa shape index (κ2) is 7.61. The standard InChI is InChI=1S/C20H18O8/c1-26-16-8-12(22)7-15(28-20(16)25)13-9-14(23)17(18(24)19(13)27-2)10-3-5-11(21)6-4-10/h3-7,9,16,21,23-24H,8H2,1-2H3/t16-/m0/s1. The summed E-state index contributed by atoms with van der Waals surface area (Å²) in [6, 6.07) is 7.02. The lowest BCUT2D eigenvalue weighted by Crippen LogP contribution is -2.25. The first-order valence-electron chi connectivity index (χ1n) is 8.27. The van der Waals surface area contributed by atoms with Crippen molar-refractivity contribution in [1.82, 2.24) is 0 Å². The van der Waals surface area contributed by atoms with Gasteiger partial charge in [-0.05, 0) is 23.8 Å². The Kier molecular flexibility index (Phi) is 5.23. The highest BCUT2D eigenvalue weighted by Gasteiger charge is 2.31. The first-order valence-corrected chi connectivity index (χ1v) is 8.27. The number of esters is 1. The van der Waals surface area contributed by atoms with Crippen molar-refractivity contribution < 1.29 is 39.1 Å². The molecule has 3 N–H and O–H groups in total. The van der Waals surface area contributed by atoms with E-state index in [0.717, 1.165) is 6.08 Å². The second-order valence-electron chi connectivity index (χ2n) is 6.07. The minimum Gasteiger partial charge on any atom is -0.508 e. The number of phenols is 3. The van der Waals surface area contributed by atoms with Gasteiger partial charge in [0.05, 0.1) is 18.2 Å². The molecule has 3 rings (SSSR count). The maximum atomic E-state index is 12.1. The zero-order chi connectivity index (χ0) is 20.4. The van der Waals surface area contributed by atoms with Crippen LogP contribution in [0.15, 0.2) is 36.4 Å². The number of ether oxygens (including phenoxy) is 3. The normalized spacial score (nSPS) is 16.9. The van der Waals surface area contributed by atoms with Crippen LogP contribution in [0.5, 0.6) is 23.0 Å². The van der Waals surface area contributed by atoms with Crippen molar-refractivity contribution in [3.05, 3.63) is 42.0 Å². The Balaban J connectivity index is 2.14.